The third-order valence-corrected chi connectivity index (χ3v) is 5.47. The Labute approximate surface area is 168 Å². The standard InChI is InChI=1S/C21H20FN3O3S/c22-18-8-10-21(11-9-18)29(26,27)25-19-2-1-3-20(14-19)28-13-12-16-4-6-17(7-5-16)15-24-23/h1-11,14-15,25H,12-13,23H2/b24-15-. The van der Waals surface area contributed by atoms with Crippen LogP contribution in [0.4, 0.5) is 10.1 Å². The smallest absolute Gasteiger partial charge is 0.261 e. The van der Waals surface area contributed by atoms with Crippen molar-refractivity contribution in [1.82, 2.24) is 0 Å². The van der Waals surface area contributed by atoms with Crippen LogP contribution in [-0.4, -0.2) is 21.2 Å². The van der Waals surface area contributed by atoms with Crippen molar-refractivity contribution >= 4 is 21.9 Å². The third kappa shape index (κ3) is 5.79. The molecule has 6 nitrogen and oxygen atoms in total. The summed E-state index contributed by atoms with van der Waals surface area (Å²) in [7, 11) is -3.81. The summed E-state index contributed by atoms with van der Waals surface area (Å²) in [5.74, 6) is 5.16. The van der Waals surface area contributed by atoms with Crippen molar-refractivity contribution in [2.75, 3.05) is 11.3 Å². The van der Waals surface area contributed by atoms with Crippen LogP contribution >= 0.6 is 0 Å². The number of rotatable bonds is 8. The van der Waals surface area contributed by atoms with E-state index in [4.69, 9.17) is 10.6 Å². The van der Waals surface area contributed by atoms with E-state index in [0.717, 1.165) is 23.3 Å². The maximum absolute atomic E-state index is 13.0. The van der Waals surface area contributed by atoms with Crippen LogP contribution in [0.2, 0.25) is 0 Å². The van der Waals surface area contributed by atoms with E-state index in [1.165, 1.54) is 12.1 Å². The molecule has 0 aliphatic heterocycles. The highest BCUT2D eigenvalue weighted by atomic mass is 32.2. The quantitative estimate of drug-likeness (QED) is 0.336. The highest BCUT2D eigenvalue weighted by molar-refractivity contribution is 7.92. The SMILES string of the molecule is N/N=C\c1ccc(CCOc2cccc(NS(=O)(=O)c3ccc(F)cc3)c2)cc1. The van der Waals surface area contributed by atoms with Crippen LogP contribution in [0.3, 0.4) is 0 Å². The first kappa shape index (κ1) is 20.3. The van der Waals surface area contributed by atoms with Crippen molar-refractivity contribution in [2.24, 2.45) is 10.9 Å². The average Bonchev–Trinajstić information content (AvgIpc) is 2.70. The van der Waals surface area contributed by atoms with E-state index in [-0.39, 0.29) is 4.90 Å². The van der Waals surface area contributed by atoms with Gasteiger partial charge in [0.25, 0.3) is 10.0 Å². The van der Waals surface area contributed by atoms with Gasteiger partial charge in [0, 0.05) is 12.5 Å². The number of benzene rings is 3. The lowest BCUT2D eigenvalue weighted by molar-refractivity contribution is 0.322. The summed E-state index contributed by atoms with van der Waals surface area (Å²) >= 11 is 0. The van der Waals surface area contributed by atoms with Crippen molar-refractivity contribution in [2.45, 2.75) is 11.3 Å². The summed E-state index contributed by atoms with van der Waals surface area (Å²) in [6.07, 6.45) is 2.25. The summed E-state index contributed by atoms with van der Waals surface area (Å²) in [5.41, 5.74) is 2.36. The molecule has 0 radical (unpaired) electrons. The molecule has 0 spiro atoms. The van der Waals surface area contributed by atoms with Crippen LogP contribution in [0.15, 0.2) is 82.8 Å². The fourth-order valence-corrected chi connectivity index (χ4v) is 3.67. The summed E-state index contributed by atoms with van der Waals surface area (Å²) < 4.78 is 46.0. The summed E-state index contributed by atoms with van der Waals surface area (Å²) in [6, 6.07) is 19.0. The Morgan fingerprint density at radius 3 is 2.45 bits per heavy atom. The molecule has 0 aromatic heterocycles. The van der Waals surface area contributed by atoms with Gasteiger partial charge in [-0.1, -0.05) is 30.3 Å². The number of hydrazone groups is 1. The molecule has 3 aromatic rings. The van der Waals surface area contributed by atoms with Gasteiger partial charge in [-0.2, -0.15) is 5.10 Å². The maximum Gasteiger partial charge on any atom is 0.261 e. The lowest BCUT2D eigenvalue weighted by Gasteiger charge is -2.11. The first-order valence-electron chi connectivity index (χ1n) is 8.80. The molecule has 3 N–H and O–H groups in total. The third-order valence-electron chi connectivity index (χ3n) is 4.07. The number of hydrogen-bond acceptors (Lipinski definition) is 5. The molecule has 150 valence electrons. The van der Waals surface area contributed by atoms with Crippen LogP contribution in [-0.2, 0) is 16.4 Å². The second kappa shape index (κ2) is 9.20. The molecule has 3 rings (SSSR count). The molecule has 0 aliphatic carbocycles. The number of halogens is 1. The number of sulfonamides is 1. The van der Waals surface area contributed by atoms with Gasteiger partial charge in [-0.15, -0.1) is 0 Å². The predicted molar refractivity (Wildman–Crippen MR) is 111 cm³/mol. The Balaban J connectivity index is 1.60. The molecule has 0 amide bonds. The van der Waals surface area contributed by atoms with E-state index in [1.54, 1.807) is 30.5 Å². The Bertz CT molecular complexity index is 1080. The Hall–Kier alpha value is -3.39. The fraction of sp³-hybridized carbons (Fsp3) is 0.0952. The Morgan fingerprint density at radius 2 is 1.76 bits per heavy atom. The van der Waals surface area contributed by atoms with E-state index in [2.05, 4.69) is 9.82 Å². The molecular weight excluding hydrogens is 393 g/mol. The van der Waals surface area contributed by atoms with Gasteiger partial charge in [0.1, 0.15) is 11.6 Å². The molecule has 0 saturated heterocycles. The predicted octanol–water partition coefficient (Wildman–Crippen LogP) is 3.54. The molecule has 0 bridgehead atoms. The van der Waals surface area contributed by atoms with Crippen LogP contribution in [0.5, 0.6) is 5.75 Å². The first-order chi connectivity index (χ1) is 14.0. The van der Waals surface area contributed by atoms with Gasteiger partial charge in [0.05, 0.1) is 23.4 Å². The second-order valence-corrected chi connectivity index (χ2v) is 7.89. The second-order valence-electron chi connectivity index (χ2n) is 6.21. The van der Waals surface area contributed by atoms with Gasteiger partial charge in [-0.05, 0) is 47.5 Å². The summed E-state index contributed by atoms with van der Waals surface area (Å²) in [4.78, 5) is -0.0200. The average molecular weight is 413 g/mol. The van der Waals surface area contributed by atoms with Crippen LogP contribution < -0.4 is 15.3 Å². The maximum atomic E-state index is 13.0. The molecule has 0 heterocycles. The summed E-state index contributed by atoms with van der Waals surface area (Å²) in [6.45, 7) is 0.429. The van der Waals surface area contributed by atoms with E-state index in [1.807, 2.05) is 24.3 Å². The molecule has 0 aliphatic rings. The fourth-order valence-electron chi connectivity index (χ4n) is 2.62. The lowest BCUT2D eigenvalue weighted by Crippen LogP contribution is -2.13. The van der Waals surface area contributed by atoms with Crippen molar-refractivity contribution in [3.8, 4) is 5.75 Å². The minimum atomic E-state index is -3.81. The van der Waals surface area contributed by atoms with E-state index in [9.17, 15) is 12.8 Å². The van der Waals surface area contributed by atoms with Gasteiger partial charge in [-0.3, -0.25) is 4.72 Å². The zero-order chi connectivity index (χ0) is 20.7. The number of hydrogen-bond donors (Lipinski definition) is 2. The minimum absolute atomic E-state index is 0.0200. The molecule has 0 atom stereocenters. The minimum Gasteiger partial charge on any atom is -0.493 e. The highest BCUT2D eigenvalue weighted by Crippen LogP contribution is 2.21. The monoisotopic (exact) mass is 413 g/mol. The molecule has 0 fully saturated rings. The van der Waals surface area contributed by atoms with Gasteiger partial charge < -0.3 is 10.6 Å². The number of nitrogens with one attached hydrogen (secondary N) is 1. The highest BCUT2D eigenvalue weighted by Gasteiger charge is 2.14. The number of nitrogens with two attached hydrogens (primary N) is 1. The summed E-state index contributed by atoms with van der Waals surface area (Å²) in [5, 5.41) is 3.48. The zero-order valence-corrected chi connectivity index (χ0v) is 16.3. The van der Waals surface area contributed by atoms with Crippen molar-refractivity contribution < 1.29 is 17.5 Å². The lowest BCUT2D eigenvalue weighted by atomic mass is 10.1. The Kier molecular flexibility index (Phi) is 6.46. The Morgan fingerprint density at radius 1 is 1.03 bits per heavy atom. The van der Waals surface area contributed by atoms with Gasteiger partial charge in [0.2, 0.25) is 0 Å². The van der Waals surface area contributed by atoms with Crippen molar-refractivity contribution in [3.05, 3.63) is 89.7 Å². The number of anilines is 1. The van der Waals surface area contributed by atoms with Crippen LogP contribution in [0.25, 0.3) is 0 Å². The molecule has 29 heavy (non-hydrogen) atoms. The van der Waals surface area contributed by atoms with Gasteiger partial charge in [0.15, 0.2) is 0 Å². The van der Waals surface area contributed by atoms with Crippen molar-refractivity contribution in [1.29, 1.82) is 0 Å². The molecule has 8 heteroatoms. The first-order valence-corrected chi connectivity index (χ1v) is 10.3. The molecule has 0 saturated carbocycles. The topological polar surface area (TPSA) is 93.8 Å². The van der Waals surface area contributed by atoms with E-state index < -0.39 is 15.8 Å². The molecule has 0 unspecified atom stereocenters. The van der Waals surface area contributed by atoms with E-state index in [0.29, 0.717) is 24.5 Å². The van der Waals surface area contributed by atoms with Crippen LogP contribution in [0.1, 0.15) is 11.1 Å². The normalized spacial score (nSPS) is 11.5. The van der Waals surface area contributed by atoms with Gasteiger partial charge >= 0.3 is 0 Å². The van der Waals surface area contributed by atoms with Crippen LogP contribution in [0, 0.1) is 5.82 Å². The largest absolute Gasteiger partial charge is 0.493 e. The number of nitrogens with zero attached hydrogens (tertiary/aromatic N) is 1. The number of ether oxygens (including phenoxy) is 1. The molecular formula is C21H20FN3O3S. The zero-order valence-electron chi connectivity index (χ0n) is 15.5. The van der Waals surface area contributed by atoms with Crippen molar-refractivity contribution in [3.63, 3.8) is 0 Å². The van der Waals surface area contributed by atoms with E-state index >= 15 is 0 Å². The molecule has 3 aromatic carbocycles. The van der Waals surface area contributed by atoms with Gasteiger partial charge in [-0.25, -0.2) is 12.8 Å².